The highest BCUT2D eigenvalue weighted by Crippen LogP contribution is 2.05. The van der Waals surface area contributed by atoms with Crippen molar-refractivity contribution in [3.63, 3.8) is 0 Å². The summed E-state index contributed by atoms with van der Waals surface area (Å²) < 4.78 is 0. The van der Waals surface area contributed by atoms with Crippen molar-refractivity contribution < 1.29 is 5.11 Å². The third kappa shape index (κ3) is 1.80. The lowest BCUT2D eigenvalue weighted by Gasteiger charge is -1.90. The van der Waals surface area contributed by atoms with Gasteiger partial charge in [0.25, 0.3) is 0 Å². The molecule has 0 fully saturated rings. The van der Waals surface area contributed by atoms with Crippen LogP contribution in [0, 0.1) is 6.92 Å². The fourth-order valence-corrected chi connectivity index (χ4v) is 1.08. The first-order valence-electron chi connectivity index (χ1n) is 3.93. The number of aliphatic hydroxyl groups is 1. The molecule has 0 aliphatic heterocycles. The quantitative estimate of drug-likeness (QED) is 0.677. The van der Waals surface area contributed by atoms with E-state index in [0.717, 1.165) is 23.6 Å². The van der Waals surface area contributed by atoms with E-state index in [1.165, 1.54) is 0 Å². The summed E-state index contributed by atoms with van der Waals surface area (Å²) in [6.07, 6.45) is 1.58. The zero-order valence-corrected chi connectivity index (χ0v) is 7.02. The average Bonchev–Trinajstić information content (AvgIpc) is 2.33. The lowest BCUT2D eigenvalue weighted by Crippen LogP contribution is -1.93. The molecule has 0 aliphatic rings. The minimum Gasteiger partial charge on any atom is -0.396 e. The van der Waals surface area contributed by atoms with Crippen LogP contribution < -0.4 is 0 Å². The molecular formula is C8H14N2O. The van der Waals surface area contributed by atoms with Gasteiger partial charge >= 0.3 is 0 Å². The van der Waals surface area contributed by atoms with Gasteiger partial charge in [-0.3, -0.25) is 0 Å². The van der Waals surface area contributed by atoms with Gasteiger partial charge in [0.05, 0.1) is 5.69 Å². The first-order chi connectivity index (χ1) is 5.27. The van der Waals surface area contributed by atoms with Crippen LogP contribution in [0.25, 0.3) is 0 Å². The Morgan fingerprint density at radius 2 is 2.27 bits per heavy atom. The van der Waals surface area contributed by atoms with Crippen LogP contribution in [0.2, 0.25) is 0 Å². The number of aliphatic hydroxyl groups excluding tert-OH is 1. The predicted octanol–water partition coefficient (Wildman–Crippen LogP) is 0.815. The van der Waals surface area contributed by atoms with E-state index in [0.29, 0.717) is 6.42 Å². The Bertz CT molecular complexity index is 230. The molecular weight excluding hydrogens is 140 g/mol. The number of nitrogens with one attached hydrogen (secondary N) is 1. The van der Waals surface area contributed by atoms with Crippen molar-refractivity contribution in [1.82, 2.24) is 9.97 Å². The molecule has 1 rings (SSSR count). The van der Waals surface area contributed by atoms with E-state index in [4.69, 9.17) is 5.11 Å². The van der Waals surface area contributed by atoms with Crippen LogP contribution in [0.4, 0.5) is 0 Å². The van der Waals surface area contributed by atoms with Gasteiger partial charge in [0.2, 0.25) is 0 Å². The maximum atomic E-state index is 8.67. The Balaban J connectivity index is 2.79. The van der Waals surface area contributed by atoms with Gasteiger partial charge in [0.1, 0.15) is 5.82 Å². The summed E-state index contributed by atoms with van der Waals surface area (Å²) in [7, 11) is 0. The van der Waals surface area contributed by atoms with Gasteiger partial charge in [0.15, 0.2) is 0 Å². The molecule has 2 N–H and O–H groups in total. The molecule has 1 heterocycles. The molecule has 1 aromatic rings. The molecule has 0 saturated heterocycles. The molecule has 1 aromatic heterocycles. The topological polar surface area (TPSA) is 48.9 Å². The highest BCUT2D eigenvalue weighted by atomic mass is 16.3. The Morgan fingerprint density at radius 3 is 2.73 bits per heavy atom. The van der Waals surface area contributed by atoms with E-state index < -0.39 is 0 Å². The summed E-state index contributed by atoms with van der Waals surface area (Å²) >= 11 is 0. The number of hydrogen-bond donors (Lipinski definition) is 2. The zero-order valence-electron chi connectivity index (χ0n) is 7.02. The number of aromatic amines is 1. The summed E-state index contributed by atoms with van der Waals surface area (Å²) in [4.78, 5) is 7.46. The second kappa shape index (κ2) is 3.53. The van der Waals surface area contributed by atoms with Gasteiger partial charge in [-0.05, 0) is 6.92 Å². The molecule has 0 saturated carbocycles. The van der Waals surface area contributed by atoms with Crippen LogP contribution in [-0.4, -0.2) is 21.7 Å². The maximum Gasteiger partial charge on any atom is 0.106 e. The van der Waals surface area contributed by atoms with Crippen molar-refractivity contribution >= 4 is 0 Å². The van der Waals surface area contributed by atoms with Crippen molar-refractivity contribution in [2.75, 3.05) is 6.61 Å². The van der Waals surface area contributed by atoms with Gasteiger partial charge in [-0.2, -0.15) is 0 Å². The first-order valence-corrected chi connectivity index (χ1v) is 3.93. The van der Waals surface area contributed by atoms with Crippen LogP contribution in [-0.2, 0) is 12.8 Å². The summed E-state index contributed by atoms with van der Waals surface area (Å²) in [5.41, 5.74) is 2.07. The Kier molecular flexibility index (Phi) is 2.65. The lowest BCUT2D eigenvalue weighted by molar-refractivity contribution is 0.298. The highest BCUT2D eigenvalue weighted by molar-refractivity contribution is 5.13. The van der Waals surface area contributed by atoms with E-state index in [1.807, 2.05) is 6.92 Å². The highest BCUT2D eigenvalue weighted by Gasteiger charge is 2.03. The molecule has 0 aromatic carbocycles. The van der Waals surface area contributed by atoms with Crippen molar-refractivity contribution in [2.45, 2.75) is 26.7 Å². The Morgan fingerprint density at radius 1 is 1.55 bits per heavy atom. The number of aromatic nitrogens is 2. The summed E-state index contributed by atoms with van der Waals surface area (Å²) in [5.74, 6) is 1.01. The largest absolute Gasteiger partial charge is 0.396 e. The third-order valence-corrected chi connectivity index (χ3v) is 1.72. The molecule has 3 nitrogen and oxygen atoms in total. The number of imidazole rings is 1. The smallest absolute Gasteiger partial charge is 0.106 e. The van der Waals surface area contributed by atoms with Crippen LogP contribution in [0.15, 0.2) is 0 Å². The monoisotopic (exact) mass is 154 g/mol. The minimum absolute atomic E-state index is 0.175. The fourth-order valence-electron chi connectivity index (χ4n) is 1.08. The van der Waals surface area contributed by atoms with Crippen molar-refractivity contribution in [2.24, 2.45) is 0 Å². The zero-order chi connectivity index (χ0) is 8.27. The lowest BCUT2D eigenvalue weighted by atomic mass is 10.3. The number of hydrogen-bond acceptors (Lipinski definition) is 2. The fraction of sp³-hybridized carbons (Fsp3) is 0.625. The standard InChI is InChI=1S/C8H14N2O/c1-3-8-9-6(2)7(10-8)4-5-11/h11H,3-5H2,1-2H3,(H,9,10). The van der Waals surface area contributed by atoms with E-state index in [2.05, 4.69) is 16.9 Å². The number of rotatable bonds is 3. The summed E-state index contributed by atoms with van der Waals surface area (Å²) in [5, 5.41) is 8.67. The molecule has 0 unspecified atom stereocenters. The molecule has 0 spiro atoms. The van der Waals surface area contributed by atoms with Gasteiger partial charge in [-0.25, -0.2) is 4.98 Å². The minimum atomic E-state index is 0.175. The van der Waals surface area contributed by atoms with Crippen molar-refractivity contribution in [1.29, 1.82) is 0 Å². The van der Waals surface area contributed by atoms with Gasteiger partial charge in [-0.1, -0.05) is 6.92 Å². The van der Waals surface area contributed by atoms with Crippen molar-refractivity contribution in [3.8, 4) is 0 Å². The summed E-state index contributed by atoms with van der Waals surface area (Å²) in [6, 6.07) is 0. The number of nitrogens with zero attached hydrogens (tertiary/aromatic N) is 1. The number of aryl methyl sites for hydroxylation is 2. The van der Waals surface area contributed by atoms with E-state index in [1.54, 1.807) is 0 Å². The van der Waals surface area contributed by atoms with Crippen LogP contribution in [0.5, 0.6) is 0 Å². The first kappa shape index (κ1) is 8.27. The SMILES string of the molecule is CCc1nc(CCO)c(C)[nH]1. The molecule has 0 amide bonds. The maximum absolute atomic E-state index is 8.67. The van der Waals surface area contributed by atoms with Crippen LogP contribution in [0.1, 0.15) is 24.1 Å². The van der Waals surface area contributed by atoms with Gasteiger partial charge < -0.3 is 10.1 Å². The Labute approximate surface area is 66.5 Å². The third-order valence-electron chi connectivity index (χ3n) is 1.72. The van der Waals surface area contributed by atoms with Crippen LogP contribution >= 0.6 is 0 Å². The van der Waals surface area contributed by atoms with Crippen LogP contribution in [0.3, 0.4) is 0 Å². The average molecular weight is 154 g/mol. The van der Waals surface area contributed by atoms with E-state index in [9.17, 15) is 0 Å². The van der Waals surface area contributed by atoms with E-state index in [-0.39, 0.29) is 6.61 Å². The van der Waals surface area contributed by atoms with Crippen molar-refractivity contribution in [3.05, 3.63) is 17.2 Å². The normalized spacial score (nSPS) is 10.5. The molecule has 0 aliphatic carbocycles. The molecule has 11 heavy (non-hydrogen) atoms. The molecule has 0 bridgehead atoms. The second-order valence-electron chi connectivity index (χ2n) is 2.58. The van der Waals surface area contributed by atoms with E-state index >= 15 is 0 Å². The molecule has 3 heteroatoms. The van der Waals surface area contributed by atoms with Gasteiger partial charge in [0, 0.05) is 25.1 Å². The number of H-pyrrole nitrogens is 1. The molecule has 0 radical (unpaired) electrons. The Hall–Kier alpha value is -0.830. The summed E-state index contributed by atoms with van der Waals surface area (Å²) in [6.45, 7) is 4.22. The molecule has 62 valence electrons. The predicted molar refractivity (Wildman–Crippen MR) is 43.5 cm³/mol. The molecule has 0 atom stereocenters. The second-order valence-corrected chi connectivity index (χ2v) is 2.58. The van der Waals surface area contributed by atoms with Gasteiger partial charge in [-0.15, -0.1) is 0 Å².